The summed E-state index contributed by atoms with van der Waals surface area (Å²) in [7, 11) is 0. The van der Waals surface area contributed by atoms with E-state index in [2.05, 4.69) is 0 Å². The second-order valence-corrected chi connectivity index (χ2v) is 7.76. The molecule has 0 fully saturated rings. The molecule has 0 N–H and O–H groups in total. The fourth-order valence-corrected chi connectivity index (χ4v) is 3.77. The van der Waals surface area contributed by atoms with E-state index in [9.17, 15) is 9.59 Å². The van der Waals surface area contributed by atoms with E-state index in [0.717, 1.165) is 22.4 Å². The van der Waals surface area contributed by atoms with Gasteiger partial charge in [0.15, 0.2) is 0 Å². The first-order valence-electron chi connectivity index (χ1n) is 8.79. The maximum absolute atomic E-state index is 13.0. The fourth-order valence-electron chi connectivity index (χ4n) is 2.91. The van der Waals surface area contributed by atoms with E-state index in [0.29, 0.717) is 30.1 Å². The zero-order chi connectivity index (χ0) is 18.6. The molecule has 4 nitrogen and oxygen atoms in total. The van der Waals surface area contributed by atoms with Crippen LogP contribution in [0.25, 0.3) is 5.57 Å². The van der Waals surface area contributed by atoms with Crippen LogP contribution in [0.4, 0.5) is 0 Å². The number of hydrogen-bond donors (Lipinski definition) is 0. The van der Waals surface area contributed by atoms with E-state index >= 15 is 0 Å². The van der Waals surface area contributed by atoms with Crippen molar-refractivity contribution >= 4 is 29.1 Å². The molecule has 2 amide bonds. The highest BCUT2D eigenvalue weighted by Crippen LogP contribution is 2.37. The summed E-state index contributed by atoms with van der Waals surface area (Å²) in [4.78, 5) is 27.7. The Morgan fingerprint density at radius 3 is 2.48 bits per heavy atom. The molecule has 0 saturated carbocycles. The highest BCUT2D eigenvalue weighted by Gasteiger charge is 2.38. The van der Waals surface area contributed by atoms with Gasteiger partial charge in [-0.25, -0.2) is 0 Å². The first-order valence-corrected chi connectivity index (χ1v) is 9.77. The van der Waals surface area contributed by atoms with E-state index in [1.54, 1.807) is 0 Å². The molecule has 1 heterocycles. The van der Waals surface area contributed by atoms with Gasteiger partial charge in [0.25, 0.3) is 11.8 Å². The van der Waals surface area contributed by atoms with Crippen molar-refractivity contribution in [3.8, 4) is 0 Å². The molecule has 1 aliphatic heterocycles. The zero-order valence-corrected chi connectivity index (χ0v) is 16.5. The van der Waals surface area contributed by atoms with Gasteiger partial charge in [0.2, 0.25) is 0 Å². The zero-order valence-electron chi connectivity index (χ0n) is 15.7. The van der Waals surface area contributed by atoms with Gasteiger partial charge in [-0.2, -0.15) is 0 Å². The van der Waals surface area contributed by atoms with Crippen molar-refractivity contribution < 1.29 is 14.3 Å². The molecule has 5 heteroatoms. The quantitative estimate of drug-likeness (QED) is 0.519. The molecular weight excluding hydrogens is 334 g/mol. The van der Waals surface area contributed by atoms with Gasteiger partial charge in [-0.15, -0.1) is 11.8 Å². The molecule has 1 aliphatic rings. The van der Waals surface area contributed by atoms with Crippen molar-refractivity contribution in [3.63, 3.8) is 0 Å². The van der Waals surface area contributed by atoms with E-state index < -0.39 is 0 Å². The number of nitrogens with zero attached hydrogens (tertiary/aromatic N) is 1. The fraction of sp³-hybridized carbons (Fsp3) is 0.500. The lowest BCUT2D eigenvalue weighted by atomic mass is 9.99. The van der Waals surface area contributed by atoms with Crippen LogP contribution >= 0.6 is 11.8 Å². The lowest BCUT2D eigenvalue weighted by Crippen LogP contribution is -2.33. The second-order valence-electron chi connectivity index (χ2n) is 6.49. The van der Waals surface area contributed by atoms with E-state index in [1.165, 1.54) is 16.7 Å². The maximum Gasteiger partial charge on any atom is 0.267 e. The number of imide groups is 1. The number of rotatable bonds is 8. The van der Waals surface area contributed by atoms with Crippen molar-refractivity contribution in [1.29, 1.82) is 0 Å². The highest BCUT2D eigenvalue weighted by atomic mass is 32.2. The Balaban J connectivity index is 2.26. The van der Waals surface area contributed by atoms with Crippen molar-refractivity contribution in [2.75, 3.05) is 18.9 Å². The van der Waals surface area contributed by atoms with Gasteiger partial charge in [-0.3, -0.25) is 14.5 Å². The Kier molecular flexibility index (Phi) is 6.85. The van der Waals surface area contributed by atoms with Crippen LogP contribution < -0.4 is 0 Å². The summed E-state index contributed by atoms with van der Waals surface area (Å²) in [6.07, 6.45) is 0.806. The number of thioether (sulfide) groups is 1. The number of hydrogen-bond acceptors (Lipinski definition) is 4. The van der Waals surface area contributed by atoms with Crippen LogP contribution in [0.15, 0.2) is 23.1 Å². The molecule has 0 atom stereocenters. The standard InChI is InChI=1S/C20H27NO3S/c1-6-25-18-17(16-9-8-14(4)12-15(16)5)19(22)21(20(18)23)10-7-11-24-13(2)3/h8-9,12-13H,6-7,10-11H2,1-5H3. The topological polar surface area (TPSA) is 46.6 Å². The minimum absolute atomic E-state index is 0.153. The van der Waals surface area contributed by atoms with E-state index in [-0.39, 0.29) is 17.9 Å². The van der Waals surface area contributed by atoms with Crippen LogP contribution in [0.3, 0.4) is 0 Å². The number of ether oxygens (including phenoxy) is 1. The van der Waals surface area contributed by atoms with Crippen LogP contribution in [0.1, 0.15) is 43.9 Å². The van der Waals surface area contributed by atoms with Gasteiger partial charge in [0, 0.05) is 13.2 Å². The van der Waals surface area contributed by atoms with Gasteiger partial charge >= 0.3 is 0 Å². The number of benzene rings is 1. The molecule has 0 spiro atoms. The number of carbonyl (C=O) groups is 2. The Morgan fingerprint density at radius 1 is 1.16 bits per heavy atom. The minimum atomic E-state index is -0.183. The van der Waals surface area contributed by atoms with Gasteiger partial charge in [0.1, 0.15) is 0 Å². The Bertz CT molecular complexity index is 694. The molecule has 0 aromatic heterocycles. The molecule has 2 rings (SSSR count). The van der Waals surface area contributed by atoms with Crippen LogP contribution in [0, 0.1) is 13.8 Å². The smallest absolute Gasteiger partial charge is 0.267 e. The molecule has 0 radical (unpaired) electrons. The molecule has 1 aromatic rings. The Hall–Kier alpha value is -1.59. The first kappa shape index (κ1) is 19.7. The number of amides is 2. The summed E-state index contributed by atoms with van der Waals surface area (Å²) in [5.74, 6) is 0.404. The SMILES string of the molecule is CCSC1=C(c2ccc(C)cc2C)C(=O)N(CCCOC(C)C)C1=O. The first-order chi connectivity index (χ1) is 11.9. The van der Waals surface area contributed by atoms with Crippen molar-refractivity contribution in [1.82, 2.24) is 4.90 Å². The molecular formula is C20H27NO3S. The third-order valence-electron chi connectivity index (χ3n) is 4.04. The summed E-state index contributed by atoms with van der Waals surface area (Å²) in [6.45, 7) is 10.9. The van der Waals surface area contributed by atoms with Crippen LogP contribution in [-0.2, 0) is 14.3 Å². The van der Waals surface area contributed by atoms with Crippen LogP contribution in [-0.4, -0.2) is 41.7 Å². The molecule has 0 bridgehead atoms. The largest absolute Gasteiger partial charge is 0.379 e. The van der Waals surface area contributed by atoms with Gasteiger partial charge in [-0.05, 0) is 51.0 Å². The minimum Gasteiger partial charge on any atom is -0.379 e. The van der Waals surface area contributed by atoms with E-state index in [1.807, 2.05) is 52.8 Å². The van der Waals surface area contributed by atoms with Crippen molar-refractivity contribution in [2.24, 2.45) is 0 Å². The molecule has 0 saturated heterocycles. The van der Waals surface area contributed by atoms with E-state index in [4.69, 9.17) is 4.74 Å². The van der Waals surface area contributed by atoms with Crippen molar-refractivity contribution in [2.45, 2.75) is 47.1 Å². The molecule has 1 aromatic carbocycles. The molecule has 25 heavy (non-hydrogen) atoms. The molecule has 0 unspecified atom stereocenters. The third-order valence-corrected chi connectivity index (χ3v) is 5.00. The second kappa shape index (κ2) is 8.68. The summed E-state index contributed by atoms with van der Waals surface area (Å²) < 4.78 is 5.52. The molecule has 136 valence electrons. The lowest BCUT2D eigenvalue weighted by molar-refractivity contribution is -0.136. The van der Waals surface area contributed by atoms with Gasteiger partial charge < -0.3 is 4.74 Å². The third kappa shape index (κ3) is 4.53. The van der Waals surface area contributed by atoms with Crippen LogP contribution in [0.2, 0.25) is 0 Å². The lowest BCUT2D eigenvalue weighted by Gasteiger charge is -2.16. The average Bonchev–Trinajstić information content (AvgIpc) is 2.76. The normalized spacial score (nSPS) is 15.0. The van der Waals surface area contributed by atoms with Gasteiger partial charge in [-0.1, -0.05) is 30.7 Å². The summed E-state index contributed by atoms with van der Waals surface area (Å²) in [5.41, 5.74) is 3.58. The predicted molar refractivity (Wildman–Crippen MR) is 103 cm³/mol. The summed E-state index contributed by atoms with van der Waals surface area (Å²) in [6, 6.07) is 5.99. The van der Waals surface area contributed by atoms with Crippen molar-refractivity contribution in [3.05, 3.63) is 39.8 Å². The van der Waals surface area contributed by atoms with Crippen LogP contribution in [0.5, 0.6) is 0 Å². The number of aryl methyl sites for hydroxylation is 2. The van der Waals surface area contributed by atoms with Gasteiger partial charge in [0.05, 0.1) is 16.6 Å². The Morgan fingerprint density at radius 2 is 1.88 bits per heavy atom. The maximum atomic E-state index is 13.0. The Labute approximate surface area is 154 Å². The monoisotopic (exact) mass is 361 g/mol. The average molecular weight is 362 g/mol. The number of carbonyl (C=O) groups excluding carboxylic acids is 2. The predicted octanol–water partition coefficient (Wildman–Crippen LogP) is 3.95. The highest BCUT2D eigenvalue weighted by molar-refractivity contribution is 8.04. The summed E-state index contributed by atoms with van der Waals surface area (Å²) >= 11 is 1.45. The molecule has 0 aliphatic carbocycles. The summed E-state index contributed by atoms with van der Waals surface area (Å²) in [5, 5.41) is 0.